The highest BCUT2D eigenvalue weighted by Gasteiger charge is 2.30. The molecule has 0 radical (unpaired) electrons. The molecule has 3 rings (SSSR count). The van der Waals surface area contributed by atoms with Gasteiger partial charge < -0.3 is 9.46 Å². The predicted molar refractivity (Wildman–Crippen MR) is 72.3 cm³/mol. The van der Waals surface area contributed by atoms with Crippen LogP contribution >= 0.6 is 11.9 Å². The fourth-order valence-corrected chi connectivity index (χ4v) is 2.68. The van der Waals surface area contributed by atoms with Gasteiger partial charge in [0.2, 0.25) is 0 Å². The van der Waals surface area contributed by atoms with E-state index in [2.05, 4.69) is 4.72 Å². The third-order valence-electron chi connectivity index (χ3n) is 2.71. The summed E-state index contributed by atoms with van der Waals surface area (Å²) in [4.78, 5) is 11.6. The number of carbonyl (C=O) groups excluding carboxylic acids is 1. The highest BCUT2D eigenvalue weighted by atomic mass is 32.2. The molecule has 1 unspecified atom stereocenters. The summed E-state index contributed by atoms with van der Waals surface area (Å²) in [6, 6.07) is 17.3. The Hall–Kier alpha value is -1.94. The first kappa shape index (κ1) is 11.2. The minimum atomic E-state index is -0.283. The van der Waals surface area contributed by atoms with E-state index in [9.17, 15) is 4.79 Å². The molecule has 0 saturated heterocycles. The minimum Gasteiger partial charge on any atom is -0.441 e. The van der Waals surface area contributed by atoms with Crippen LogP contribution in [0.5, 0.6) is 0 Å². The smallest absolute Gasteiger partial charge is 0.340 e. The van der Waals surface area contributed by atoms with E-state index in [4.69, 9.17) is 4.74 Å². The molecule has 3 nitrogen and oxygen atoms in total. The van der Waals surface area contributed by atoms with Crippen LogP contribution in [-0.4, -0.2) is 5.97 Å². The van der Waals surface area contributed by atoms with Crippen LogP contribution in [0.2, 0.25) is 0 Å². The molecule has 4 heteroatoms. The molecule has 0 aliphatic carbocycles. The van der Waals surface area contributed by atoms with E-state index >= 15 is 0 Å². The van der Waals surface area contributed by atoms with E-state index in [1.807, 2.05) is 48.5 Å². The molecule has 2 aromatic rings. The molecular weight excluding hydrogens is 246 g/mol. The van der Waals surface area contributed by atoms with Crippen molar-refractivity contribution in [3.63, 3.8) is 0 Å². The Morgan fingerprint density at radius 1 is 1.00 bits per heavy atom. The number of rotatable bonds is 3. The summed E-state index contributed by atoms with van der Waals surface area (Å²) in [7, 11) is 0. The molecule has 0 aromatic heterocycles. The summed E-state index contributed by atoms with van der Waals surface area (Å²) in [5, 5.41) is 0. The Labute approximate surface area is 109 Å². The number of ether oxygens (including phenoxy) is 1. The molecule has 0 spiro atoms. The quantitative estimate of drug-likeness (QED) is 0.673. The summed E-state index contributed by atoms with van der Waals surface area (Å²) in [5.41, 5.74) is 2.29. The van der Waals surface area contributed by atoms with E-state index in [0.29, 0.717) is 5.56 Å². The first-order valence-corrected chi connectivity index (χ1v) is 6.49. The zero-order chi connectivity index (χ0) is 12.4. The number of fused-ring (bicyclic) bond motifs is 1. The summed E-state index contributed by atoms with van der Waals surface area (Å²) in [5.74, 6) is -0.252. The average Bonchev–Trinajstić information content (AvgIpc) is 2.75. The standard InChI is InChI=1S/C14H11NO2S/c16-13-11-8-4-5-9-12(11)14(17-13)18-15-10-6-2-1-3-7-10/h1-9,14-15H. The van der Waals surface area contributed by atoms with Crippen LogP contribution < -0.4 is 4.72 Å². The van der Waals surface area contributed by atoms with Gasteiger partial charge >= 0.3 is 5.97 Å². The number of benzene rings is 2. The zero-order valence-corrected chi connectivity index (χ0v) is 10.3. The summed E-state index contributed by atoms with van der Waals surface area (Å²) in [6.45, 7) is 0. The Morgan fingerprint density at radius 3 is 2.56 bits per heavy atom. The van der Waals surface area contributed by atoms with Gasteiger partial charge in [0.05, 0.1) is 5.56 Å². The third-order valence-corrected chi connectivity index (χ3v) is 3.62. The maximum atomic E-state index is 11.6. The lowest BCUT2D eigenvalue weighted by molar-refractivity contribution is 0.0522. The lowest BCUT2D eigenvalue weighted by atomic mass is 10.1. The molecule has 1 N–H and O–H groups in total. The number of cyclic esters (lactones) is 1. The van der Waals surface area contributed by atoms with E-state index < -0.39 is 0 Å². The second kappa shape index (κ2) is 4.74. The van der Waals surface area contributed by atoms with Crippen molar-refractivity contribution in [1.82, 2.24) is 0 Å². The highest BCUT2D eigenvalue weighted by Crippen LogP contribution is 2.38. The van der Waals surface area contributed by atoms with Crippen LogP contribution in [0.4, 0.5) is 5.69 Å². The van der Waals surface area contributed by atoms with Gasteiger partial charge in [-0.2, -0.15) is 0 Å². The summed E-state index contributed by atoms with van der Waals surface area (Å²) < 4.78 is 8.50. The van der Waals surface area contributed by atoms with Crippen molar-refractivity contribution in [1.29, 1.82) is 0 Å². The van der Waals surface area contributed by atoms with Crippen LogP contribution in [0.1, 0.15) is 21.4 Å². The number of hydrogen-bond donors (Lipinski definition) is 1. The Kier molecular flexibility index (Phi) is 2.94. The van der Waals surface area contributed by atoms with Gasteiger partial charge in [0.15, 0.2) is 5.44 Å². The number of esters is 1. The fourth-order valence-electron chi connectivity index (χ4n) is 1.83. The Morgan fingerprint density at radius 2 is 1.72 bits per heavy atom. The third kappa shape index (κ3) is 2.07. The van der Waals surface area contributed by atoms with Crippen LogP contribution in [-0.2, 0) is 4.74 Å². The molecule has 0 fully saturated rings. The Bertz CT molecular complexity index is 571. The molecular formula is C14H11NO2S. The lowest BCUT2D eigenvalue weighted by Crippen LogP contribution is -1.98. The van der Waals surface area contributed by atoms with Gasteiger partial charge in [-0.1, -0.05) is 36.4 Å². The van der Waals surface area contributed by atoms with Crippen molar-refractivity contribution in [2.24, 2.45) is 0 Å². The molecule has 1 aliphatic rings. The van der Waals surface area contributed by atoms with Crippen molar-refractivity contribution >= 4 is 23.6 Å². The van der Waals surface area contributed by atoms with Crippen molar-refractivity contribution in [2.45, 2.75) is 5.44 Å². The first-order chi connectivity index (χ1) is 8.84. The van der Waals surface area contributed by atoms with Gasteiger partial charge in [0.25, 0.3) is 0 Å². The van der Waals surface area contributed by atoms with Crippen LogP contribution in [0.15, 0.2) is 54.6 Å². The summed E-state index contributed by atoms with van der Waals surface area (Å²) in [6.07, 6.45) is 0. The molecule has 0 bridgehead atoms. The summed E-state index contributed by atoms with van der Waals surface area (Å²) >= 11 is 1.39. The molecule has 90 valence electrons. The molecule has 0 amide bonds. The predicted octanol–water partition coefficient (Wildman–Crippen LogP) is 3.62. The number of hydrogen-bond acceptors (Lipinski definition) is 4. The van der Waals surface area contributed by atoms with Crippen LogP contribution in [0, 0.1) is 0 Å². The largest absolute Gasteiger partial charge is 0.441 e. The van der Waals surface area contributed by atoms with Gasteiger partial charge in [-0.3, -0.25) is 0 Å². The monoisotopic (exact) mass is 257 g/mol. The van der Waals surface area contributed by atoms with Gasteiger partial charge in [0.1, 0.15) is 0 Å². The maximum absolute atomic E-state index is 11.6. The minimum absolute atomic E-state index is 0.252. The van der Waals surface area contributed by atoms with E-state index in [0.717, 1.165) is 11.3 Å². The van der Waals surface area contributed by atoms with Gasteiger partial charge in [-0.05, 0) is 30.1 Å². The Balaban J connectivity index is 1.74. The lowest BCUT2D eigenvalue weighted by Gasteiger charge is -2.11. The molecule has 1 atom stereocenters. The first-order valence-electron chi connectivity index (χ1n) is 5.61. The molecule has 18 heavy (non-hydrogen) atoms. The van der Waals surface area contributed by atoms with Crippen molar-refractivity contribution < 1.29 is 9.53 Å². The second-order valence-corrected chi connectivity index (χ2v) is 4.78. The number of para-hydroxylation sites is 1. The van der Waals surface area contributed by atoms with Crippen LogP contribution in [0.25, 0.3) is 0 Å². The maximum Gasteiger partial charge on any atom is 0.340 e. The normalized spacial score (nSPS) is 17.1. The average molecular weight is 257 g/mol. The van der Waals surface area contributed by atoms with Gasteiger partial charge in [-0.25, -0.2) is 4.79 Å². The van der Waals surface area contributed by atoms with Gasteiger partial charge in [-0.15, -0.1) is 0 Å². The van der Waals surface area contributed by atoms with Crippen molar-refractivity contribution in [3.8, 4) is 0 Å². The van der Waals surface area contributed by atoms with E-state index in [1.165, 1.54) is 11.9 Å². The van der Waals surface area contributed by atoms with Gasteiger partial charge in [0, 0.05) is 11.3 Å². The van der Waals surface area contributed by atoms with E-state index in [1.54, 1.807) is 6.07 Å². The van der Waals surface area contributed by atoms with Crippen molar-refractivity contribution in [3.05, 3.63) is 65.7 Å². The second-order valence-electron chi connectivity index (χ2n) is 3.91. The number of nitrogens with one attached hydrogen (secondary N) is 1. The fraction of sp³-hybridized carbons (Fsp3) is 0.0714. The molecule has 1 heterocycles. The van der Waals surface area contributed by atoms with E-state index in [-0.39, 0.29) is 11.4 Å². The van der Waals surface area contributed by atoms with Crippen LogP contribution in [0.3, 0.4) is 0 Å². The highest BCUT2D eigenvalue weighted by molar-refractivity contribution is 8.00. The van der Waals surface area contributed by atoms with Crippen molar-refractivity contribution in [2.75, 3.05) is 4.72 Å². The molecule has 1 aliphatic heterocycles. The SMILES string of the molecule is O=C1OC(SNc2ccccc2)c2ccccc21. The number of anilines is 1. The zero-order valence-electron chi connectivity index (χ0n) is 9.50. The molecule has 2 aromatic carbocycles. The topological polar surface area (TPSA) is 38.3 Å². The number of carbonyl (C=O) groups is 1. The molecule has 0 saturated carbocycles.